The van der Waals surface area contributed by atoms with E-state index in [4.69, 9.17) is 4.74 Å². The molecule has 0 aliphatic heterocycles. The van der Waals surface area contributed by atoms with Crippen LogP contribution in [-0.2, 0) is 19.1 Å². The van der Waals surface area contributed by atoms with Crippen molar-refractivity contribution in [2.75, 3.05) is 6.61 Å². The van der Waals surface area contributed by atoms with Gasteiger partial charge in [0.15, 0.2) is 6.10 Å². The quantitative estimate of drug-likeness (QED) is 0.486. The van der Waals surface area contributed by atoms with Gasteiger partial charge in [-0.3, -0.25) is 0 Å². The molecule has 0 aromatic heterocycles. The van der Waals surface area contributed by atoms with Gasteiger partial charge in [-0.15, -0.1) is 0 Å². The van der Waals surface area contributed by atoms with Gasteiger partial charge in [0.1, 0.15) is 0 Å². The van der Waals surface area contributed by atoms with E-state index in [0.29, 0.717) is 0 Å². The number of rotatable bonds is 4. The van der Waals surface area contributed by atoms with Gasteiger partial charge in [0.2, 0.25) is 0 Å². The number of carbonyl (C=O) groups is 2. The highest BCUT2D eigenvalue weighted by Gasteiger charge is 2.18. The fourth-order valence-electron chi connectivity index (χ4n) is 0.569. The highest BCUT2D eigenvalue weighted by atomic mass is 16.6. The van der Waals surface area contributed by atoms with Gasteiger partial charge < -0.3 is 9.47 Å². The molecule has 4 nitrogen and oxygen atoms in total. The molecular formula is C9H14O4. The standard InChI is InChI=1S/C9H14O4/c1-5-12-9(11)7(4)13-8(10)6(2)3/h7H,2,5H2,1,3-4H3. The van der Waals surface area contributed by atoms with E-state index in [1.165, 1.54) is 13.8 Å². The number of carbonyl (C=O) groups excluding carboxylic acids is 2. The van der Waals surface area contributed by atoms with Crippen LogP contribution in [0.2, 0.25) is 0 Å². The predicted molar refractivity (Wildman–Crippen MR) is 47.0 cm³/mol. The monoisotopic (exact) mass is 186 g/mol. The van der Waals surface area contributed by atoms with E-state index in [-0.39, 0.29) is 12.2 Å². The first-order valence-corrected chi connectivity index (χ1v) is 4.02. The van der Waals surface area contributed by atoms with Crippen molar-refractivity contribution in [2.24, 2.45) is 0 Å². The van der Waals surface area contributed by atoms with Crippen LogP contribution in [0.4, 0.5) is 0 Å². The van der Waals surface area contributed by atoms with Gasteiger partial charge in [-0.05, 0) is 20.8 Å². The molecule has 0 aliphatic carbocycles. The summed E-state index contributed by atoms with van der Waals surface area (Å²) in [4.78, 5) is 21.9. The first-order valence-electron chi connectivity index (χ1n) is 4.02. The SMILES string of the molecule is C=C(C)C(=O)OC(C)C(=O)OCC. The van der Waals surface area contributed by atoms with E-state index in [2.05, 4.69) is 11.3 Å². The van der Waals surface area contributed by atoms with Gasteiger partial charge in [0.25, 0.3) is 0 Å². The van der Waals surface area contributed by atoms with Crippen molar-refractivity contribution in [3.63, 3.8) is 0 Å². The summed E-state index contributed by atoms with van der Waals surface area (Å²) in [6.45, 7) is 8.32. The molecule has 0 radical (unpaired) electrons. The third-order valence-corrected chi connectivity index (χ3v) is 1.25. The normalized spacial score (nSPS) is 11.6. The molecule has 13 heavy (non-hydrogen) atoms. The van der Waals surface area contributed by atoms with E-state index in [1.807, 2.05) is 0 Å². The molecule has 0 spiro atoms. The van der Waals surface area contributed by atoms with Gasteiger partial charge in [-0.25, -0.2) is 9.59 Å². The van der Waals surface area contributed by atoms with E-state index < -0.39 is 18.0 Å². The van der Waals surface area contributed by atoms with Crippen LogP contribution < -0.4 is 0 Å². The summed E-state index contributed by atoms with van der Waals surface area (Å²) >= 11 is 0. The van der Waals surface area contributed by atoms with Crippen LogP contribution in [0.25, 0.3) is 0 Å². The largest absolute Gasteiger partial charge is 0.463 e. The van der Waals surface area contributed by atoms with Crippen molar-refractivity contribution in [1.82, 2.24) is 0 Å². The topological polar surface area (TPSA) is 52.6 Å². The third-order valence-electron chi connectivity index (χ3n) is 1.25. The molecule has 1 unspecified atom stereocenters. The highest BCUT2D eigenvalue weighted by molar-refractivity contribution is 5.89. The second-order valence-electron chi connectivity index (χ2n) is 2.58. The second-order valence-corrected chi connectivity index (χ2v) is 2.58. The summed E-state index contributed by atoms with van der Waals surface area (Å²) in [7, 11) is 0. The molecule has 0 N–H and O–H groups in total. The van der Waals surface area contributed by atoms with Gasteiger partial charge in [0.05, 0.1) is 6.61 Å². The fourth-order valence-corrected chi connectivity index (χ4v) is 0.569. The molecule has 0 bridgehead atoms. The molecule has 0 rings (SSSR count). The number of hydrogen-bond donors (Lipinski definition) is 0. The van der Waals surface area contributed by atoms with Crippen LogP contribution in [0.3, 0.4) is 0 Å². The van der Waals surface area contributed by atoms with Crippen molar-refractivity contribution in [3.8, 4) is 0 Å². The molecule has 0 aromatic rings. The van der Waals surface area contributed by atoms with Crippen LogP contribution in [0.15, 0.2) is 12.2 Å². The minimum Gasteiger partial charge on any atom is -0.463 e. The Labute approximate surface area is 77.5 Å². The molecule has 0 fully saturated rings. The smallest absolute Gasteiger partial charge is 0.347 e. The molecule has 74 valence electrons. The lowest BCUT2D eigenvalue weighted by Gasteiger charge is -2.11. The summed E-state index contributed by atoms with van der Waals surface area (Å²) in [5.74, 6) is -1.13. The van der Waals surface area contributed by atoms with Crippen LogP contribution in [-0.4, -0.2) is 24.6 Å². The third kappa shape index (κ3) is 4.30. The van der Waals surface area contributed by atoms with Crippen LogP contribution >= 0.6 is 0 Å². The Hall–Kier alpha value is -1.32. The summed E-state index contributed by atoms with van der Waals surface area (Å²) in [6, 6.07) is 0. The van der Waals surface area contributed by atoms with Gasteiger partial charge in [0, 0.05) is 5.57 Å². The van der Waals surface area contributed by atoms with Crippen LogP contribution in [0.1, 0.15) is 20.8 Å². The molecule has 0 heterocycles. The molecule has 1 atom stereocenters. The van der Waals surface area contributed by atoms with Crippen molar-refractivity contribution >= 4 is 11.9 Å². The van der Waals surface area contributed by atoms with Gasteiger partial charge in [-0.1, -0.05) is 6.58 Å². The van der Waals surface area contributed by atoms with E-state index in [1.54, 1.807) is 6.92 Å². The first-order chi connectivity index (χ1) is 5.99. The van der Waals surface area contributed by atoms with E-state index >= 15 is 0 Å². The maximum atomic E-state index is 11.0. The van der Waals surface area contributed by atoms with Crippen molar-refractivity contribution in [3.05, 3.63) is 12.2 Å². The van der Waals surface area contributed by atoms with Crippen LogP contribution in [0.5, 0.6) is 0 Å². The van der Waals surface area contributed by atoms with Crippen molar-refractivity contribution < 1.29 is 19.1 Å². The molecule has 0 aromatic carbocycles. The first kappa shape index (κ1) is 11.7. The molecule has 0 saturated carbocycles. The van der Waals surface area contributed by atoms with Crippen LogP contribution in [0, 0.1) is 0 Å². The zero-order chi connectivity index (χ0) is 10.4. The Morgan fingerprint density at radius 3 is 2.38 bits per heavy atom. The molecular weight excluding hydrogens is 172 g/mol. The average Bonchev–Trinajstić information content (AvgIpc) is 2.04. The number of hydrogen-bond acceptors (Lipinski definition) is 4. The second kappa shape index (κ2) is 5.35. The Morgan fingerprint density at radius 2 is 2.00 bits per heavy atom. The minimum atomic E-state index is -0.871. The van der Waals surface area contributed by atoms with E-state index in [0.717, 1.165) is 0 Å². The molecule has 0 aliphatic rings. The molecule has 4 heteroatoms. The van der Waals surface area contributed by atoms with Gasteiger partial charge >= 0.3 is 11.9 Å². The Morgan fingerprint density at radius 1 is 1.46 bits per heavy atom. The minimum absolute atomic E-state index is 0.260. The Bertz CT molecular complexity index is 220. The summed E-state index contributed by atoms with van der Waals surface area (Å²) in [6.07, 6.45) is -0.871. The summed E-state index contributed by atoms with van der Waals surface area (Å²) < 4.78 is 9.35. The average molecular weight is 186 g/mol. The van der Waals surface area contributed by atoms with Crippen molar-refractivity contribution in [1.29, 1.82) is 0 Å². The zero-order valence-corrected chi connectivity index (χ0v) is 8.12. The molecule has 0 saturated heterocycles. The molecule has 0 amide bonds. The lowest BCUT2D eigenvalue weighted by molar-refractivity contribution is -0.163. The maximum Gasteiger partial charge on any atom is 0.347 e. The lowest BCUT2D eigenvalue weighted by Crippen LogP contribution is -2.26. The number of ether oxygens (including phenoxy) is 2. The highest BCUT2D eigenvalue weighted by Crippen LogP contribution is 2.00. The van der Waals surface area contributed by atoms with Crippen molar-refractivity contribution in [2.45, 2.75) is 26.9 Å². The zero-order valence-electron chi connectivity index (χ0n) is 8.12. The predicted octanol–water partition coefficient (Wildman–Crippen LogP) is 1.06. The van der Waals surface area contributed by atoms with Gasteiger partial charge in [-0.2, -0.15) is 0 Å². The summed E-state index contributed by atoms with van der Waals surface area (Å²) in [5.41, 5.74) is 0.260. The Balaban J connectivity index is 3.99. The Kier molecular flexibility index (Phi) is 4.80. The maximum absolute atomic E-state index is 11.0. The fraction of sp³-hybridized carbons (Fsp3) is 0.556. The number of esters is 2. The lowest BCUT2D eigenvalue weighted by atomic mass is 10.3. The van der Waals surface area contributed by atoms with E-state index in [9.17, 15) is 9.59 Å². The summed E-state index contributed by atoms with van der Waals surface area (Å²) in [5, 5.41) is 0.